The van der Waals surface area contributed by atoms with Crippen LogP contribution in [0, 0.1) is 18.8 Å². The van der Waals surface area contributed by atoms with Gasteiger partial charge in [-0.25, -0.2) is 14.5 Å². The van der Waals surface area contributed by atoms with Crippen molar-refractivity contribution in [2.24, 2.45) is 0 Å². The average molecular weight is 546 g/mol. The predicted octanol–water partition coefficient (Wildman–Crippen LogP) is 4.27. The molecule has 0 aliphatic heterocycles. The number of nitrogens with zero attached hydrogens (tertiary/aromatic N) is 5. The molecule has 10 heteroatoms. The quantitative estimate of drug-likeness (QED) is 0.319. The molecule has 0 fully saturated rings. The van der Waals surface area contributed by atoms with Gasteiger partial charge in [0.2, 0.25) is 0 Å². The number of nitrogen functional groups attached to an aromatic ring is 1. The van der Waals surface area contributed by atoms with Crippen molar-refractivity contribution in [1.29, 1.82) is 0 Å². The fraction of sp³-hybridized carbons (Fsp3) is 0.100. The van der Waals surface area contributed by atoms with Crippen molar-refractivity contribution in [3.8, 4) is 17.5 Å². The normalized spacial score (nSPS) is 11.8. The van der Waals surface area contributed by atoms with E-state index in [1.54, 1.807) is 28.5 Å². The number of hydrogen-bond donors (Lipinski definition) is 2. The topological polar surface area (TPSA) is 120 Å². The van der Waals surface area contributed by atoms with Crippen LogP contribution < -0.4 is 16.6 Å². The number of amides is 1. The Bertz CT molecular complexity index is 2030. The van der Waals surface area contributed by atoms with Gasteiger partial charge in [0.15, 0.2) is 11.5 Å². The smallest absolute Gasteiger partial charge is 0.264 e. The van der Waals surface area contributed by atoms with Crippen LogP contribution in [0.15, 0.2) is 83.4 Å². The van der Waals surface area contributed by atoms with Crippen LogP contribution in [-0.2, 0) is 0 Å². The van der Waals surface area contributed by atoms with Crippen LogP contribution in [0.2, 0.25) is 0 Å². The molecule has 6 rings (SSSR count). The lowest BCUT2D eigenvalue weighted by molar-refractivity contribution is 0.0941. The first-order valence-corrected chi connectivity index (χ1v) is 13.4. The van der Waals surface area contributed by atoms with Gasteiger partial charge in [-0.15, -0.1) is 16.4 Å². The van der Waals surface area contributed by atoms with E-state index in [0.717, 1.165) is 16.0 Å². The lowest BCUT2D eigenvalue weighted by atomic mass is 10.0. The highest BCUT2D eigenvalue weighted by atomic mass is 32.1. The first-order chi connectivity index (χ1) is 19.4. The second-order valence-electron chi connectivity index (χ2n) is 9.18. The van der Waals surface area contributed by atoms with E-state index < -0.39 is 11.9 Å². The van der Waals surface area contributed by atoms with Crippen LogP contribution >= 0.6 is 11.3 Å². The molecule has 2 aromatic carbocycles. The fourth-order valence-electron chi connectivity index (χ4n) is 4.66. The van der Waals surface area contributed by atoms with Crippen molar-refractivity contribution in [3.63, 3.8) is 0 Å². The van der Waals surface area contributed by atoms with Gasteiger partial charge in [-0.05, 0) is 55.5 Å². The number of aryl methyl sites for hydroxylation is 1. The van der Waals surface area contributed by atoms with Crippen LogP contribution in [0.5, 0.6) is 0 Å². The molecule has 0 aliphatic carbocycles. The number of rotatable bonds is 4. The van der Waals surface area contributed by atoms with E-state index in [0.29, 0.717) is 28.0 Å². The summed E-state index contributed by atoms with van der Waals surface area (Å²) >= 11 is 1.46. The Morgan fingerprint density at radius 2 is 1.90 bits per heavy atom. The summed E-state index contributed by atoms with van der Waals surface area (Å²) < 4.78 is 3.08. The SMILES string of the molecule is Cc1ncsc1C#Cc1cccc2cc([C@@H](C)NC(=O)c3c(N)nn4cccnc34)n(-c3ccccc3)c(=O)c12. The molecule has 196 valence electrons. The minimum Gasteiger partial charge on any atom is -0.381 e. The predicted molar refractivity (Wildman–Crippen MR) is 156 cm³/mol. The van der Waals surface area contributed by atoms with Crippen LogP contribution in [0.3, 0.4) is 0 Å². The molecular weight excluding hydrogens is 522 g/mol. The van der Waals surface area contributed by atoms with Gasteiger partial charge in [-0.1, -0.05) is 36.3 Å². The highest BCUT2D eigenvalue weighted by molar-refractivity contribution is 7.10. The van der Waals surface area contributed by atoms with Crippen LogP contribution in [-0.4, -0.2) is 30.1 Å². The maximum absolute atomic E-state index is 14.2. The Morgan fingerprint density at radius 1 is 1.07 bits per heavy atom. The third kappa shape index (κ3) is 4.38. The average Bonchev–Trinajstić information content (AvgIpc) is 3.53. The molecule has 6 aromatic rings. The minimum absolute atomic E-state index is 0.0711. The van der Waals surface area contributed by atoms with E-state index in [9.17, 15) is 9.59 Å². The van der Waals surface area contributed by atoms with E-state index >= 15 is 0 Å². The largest absolute Gasteiger partial charge is 0.381 e. The van der Waals surface area contributed by atoms with Gasteiger partial charge in [0.05, 0.1) is 27.5 Å². The van der Waals surface area contributed by atoms with E-state index in [4.69, 9.17) is 5.73 Å². The molecule has 4 heterocycles. The number of nitrogens with one attached hydrogen (secondary N) is 1. The molecule has 0 radical (unpaired) electrons. The van der Waals surface area contributed by atoms with Gasteiger partial charge in [0.1, 0.15) is 5.56 Å². The zero-order valence-electron chi connectivity index (χ0n) is 21.6. The van der Waals surface area contributed by atoms with Crippen molar-refractivity contribution >= 4 is 39.5 Å². The summed E-state index contributed by atoms with van der Waals surface area (Å²) in [6.45, 7) is 3.73. The number of nitrogens with two attached hydrogens (primary N) is 1. The lowest BCUT2D eigenvalue weighted by Crippen LogP contribution is -2.32. The minimum atomic E-state index is -0.572. The zero-order chi connectivity index (χ0) is 27.8. The maximum atomic E-state index is 14.2. The molecule has 4 aromatic heterocycles. The van der Waals surface area contributed by atoms with E-state index in [-0.39, 0.29) is 16.9 Å². The molecule has 9 nitrogen and oxygen atoms in total. The van der Waals surface area contributed by atoms with Crippen molar-refractivity contribution in [1.82, 2.24) is 29.5 Å². The summed E-state index contributed by atoms with van der Waals surface area (Å²) in [4.78, 5) is 37.0. The molecule has 3 N–H and O–H groups in total. The number of pyridine rings is 1. The fourth-order valence-corrected chi connectivity index (χ4v) is 5.31. The Morgan fingerprint density at radius 3 is 2.67 bits per heavy atom. The highest BCUT2D eigenvalue weighted by Crippen LogP contribution is 2.24. The first-order valence-electron chi connectivity index (χ1n) is 12.5. The van der Waals surface area contributed by atoms with Crippen molar-refractivity contribution in [2.75, 3.05) is 5.73 Å². The van der Waals surface area contributed by atoms with Gasteiger partial charge in [0.25, 0.3) is 11.5 Å². The number of carbonyl (C=O) groups is 1. The number of aromatic nitrogens is 5. The summed E-state index contributed by atoms with van der Waals surface area (Å²) in [6, 6.07) is 18.0. The van der Waals surface area contributed by atoms with Crippen molar-refractivity contribution in [2.45, 2.75) is 19.9 Å². The number of fused-ring (bicyclic) bond motifs is 2. The molecule has 0 saturated heterocycles. The summed E-state index contributed by atoms with van der Waals surface area (Å²) in [5, 5.41) is 8.40. The summed E-state index contributed by atoms with van der Waals surface area (Å²) in [7, 11) is 0. The third-order valence-corrected chi connectivity index (χ3v) is 7.43. The van der Waals surface area contributed by atoms with Gasteiger partial charge < -0.3 is 11.1 Å². The third-order valence-electron chi connectivity index (χ3n) is 6.59. The second kappa shape index (κ2) is 10.1. The highest BCUT2D eigenvalue weighted by Gasteiger charge is 2.24. The Labute approximate surface area is 233 Å². The number of anilines is 1. The summed E-state index contributed by atoms with van der Waals surface area (Å²) in [5.74, 6) is 5.97. The number of thiazole rings is 1. The van der Waals surface area contributed by atoms with E-state index in [1.165, 1.54) is 15.9 Å². The maximum Gasteiger partial charge on any atom is 0.264 e. The van der Waals surface area contributed by atoms with Crippen LogP contribution in [0.1, 0.15) is 45.2 Å². The Hall–Kier alpha value is -5.27. The van der Waals surface area contributed by atoms with Crippen molar-refractivity contribution in [3.05, 3.63) is 116 Å². The molecule has 0 unspecified atom stereocenters. The summed E-state index contributed by atoms with van der Waals surface area (Å²) in [5.41, 5.74) is 10.9. The zero-order valence-corrected chi connectivity index (χ0v) is 22.4. The van der Waals surface area contributed by atoms with Crippen LogP contribution in [0.4, 0.5) is 5.82 Å². The van der Waals surface area contributed by atoms with Crippen LogP contribution in [0.25, 0.3) is 22.1 Å². The Balaban J connectivity index is 1.48. The molecule has 40 heavy (non-hydrogen) atoms. The number of para-hydroxylation sites is 1. The van der Waals surface area contributed by atoms with Crippen molar-refractivity contribution < 1.29 is 4.79 Å². The standard InChI is InChI=1S/C30H23N7O2S/c1-18(34-29(38)26-27(31)35-36-15-7-14-32-28(26)36)23-16-21-9-6-8-20(12-13-24-19(2)33-17-40-24)25(21)30(39)37(23)22-10-4-3-5-11-22/h3-11,14-18H,1-2H3,(H2,31,35)(H,34,38)/t18-/m1/s1. The molecule has 0 saturated carbocycles. The molecular formula is C30H23N7O2S. The number of hydrogen-bond acceptors (Lipinski definition) is 7. The van der Waals surface area contributed by atoms with Gasteiger partial charge in [-0.3, -0.25) is 14.2 Å². The Kier molecular flexibility index (Phi) is 6.34. The lowest BCUT2D eigenvalue weighted by Gasteiger charge is -2.21. The molecule has 0 aliphatic rings. The molecule has 1 atom stereocenters. The second-order valence-corrected chi connectivity index (χ2v) is 10.0. The number of carbonyl (C=O) groups excluding carboxylic acids is 1. The molecule has 0 bridgehead atoms. The molecule has 1 amide bonds. The van der Waals surface area contributed by atoms with Gasteiger partial charge >= 0.3 is 0 Å². The summed E-state index contributed by atoms with van der Waals surface area (Å²) in [6.07, 6.45) is 3.25. The van der Waals surface area contributed by atoms with E-state index in [1.807, 2.05) is 68.4 Å². The van der Waals surface area contributed by atoms with E-state index in [2.05, 4.69) is 32.2 Å². The monoisotopic (exact) mass is 545 g/mol. The van der Waals surface area contributed by atoms with Gasteiger partial charge in [0, 0.05) is 29.3 Å². The molecule has 0 spiro atoms. The number of benzene rings is 2. The first kappa shape index (κ1) is 25.0. The van der Waals surface area contributed by atoms with Gasteiger partial charge in [-0.2, -0.15) is 0 Å².